The van der Waals surface area contributed by atoms with E-state index < -0.39 is 6.29 Å². The number of fused-ring (bicyclic) bond motifs is 1. The van der Waals surface area contributed by atoms with Crippen LogP contribution in [0.25, 0.3) is 11.0 Å². The second kappa shape index (κ2) is 14.4. The fraction of sp³-hybridized carbons (Fsp3) is 0.432. The average Bonchev–Trinajstić information content (AvgIpc) is 3.79. The van der Waals surface area contributed by atoms with Gasteiger partial charge >= 0.3 is 0 Å². The molecule has 0 bridgehead atoms. The molecule has 0 radical (unpaired) electrons. The lowest BCUT2D eigenvalue weighted by Crippen LogP contribution is -2.45. The van der Waals surface area contributed by atoms with Crippen molar-refractivity contribution in [3.8, 4) is 0 Å². The summed E-state index contributed by atoms with van der Waals surface area (Å²) < 4.78 is 13.3. The first-order valence-corrected chi connectivity index (χ1v) is 16.7. The van der Waals surface area contributed by atoms with Crippen LogP contribution >= 0.6 is 0 Å². The number of hydrogen-bond donors (Lipinski definition) is 2. The van der Waals surface area contributed by atoms with E-state index in [0.29, 0.717) is 23.8 Å². The maximum atomic E-state index is 12.8. The number of aliphatic hydroxyl groups excluding tert-OH is 1. The van der Waals surface area contributed by atoms with Gasteiger partial charge in [0, 0.05) is 37.7 Å². The fourth-order valence-electron chi connectivity index (χ4n) is 7.03. The molecule has 0 saturated carbocycles. The van der Waals surface area contributed by atoms with E-state index in [1.807, 2.05) is 60.7 Å². The second-order valence-electron chi connectivity index (χ2n) is 12.8. The molecule has 1 amide bonds. The van der Waals surface area contributed by atoms with Crippen molar-refractivity contribution in [2.45, 2.75) is 69.8 Å². The lowest BCUT2D eigenvalue weighted by molar-refractivity contribution is -0.253. The minimum atomic E-state index is -0.502. The number of carbonyl (C=O) groups excluding carboxylic acids is 1. The van der Waals surface area contributed by atoms with E-state index in [9.17, 15) is 9.90 Å². The summed E-state index contributed by atoms with van der Waals surface area (Å²) in [6.45, 7) is 6.01. The summed E-state index contributed by atoms with van der Waals surface area (Å²) >= 11 is 0. The minimum Gasteiger partial charge on any atom is -0.392 e. The van der Waals surface area contributed by atoms with Crippen LogP contribution in [-0.4, -0.2) is 75.7 Å². The van der Waals surface area contributed by atoms with E-state index >= 15 is 0 Å². The molecular formula is C37H43N5O4. The van der Waals surface area contributed by atoms with Crippen molar-refractivity contribution in [2.75, 3.05) is 32.7 Å². The average molecular weight is 622 g/mol. The number of hydrogen-bond acceptors (Lipinski definition) is 8. The van der Waals surface area contributed by atoms with Gasteiger partial charge in [-0.1, -0.05) is 60.7 Å². The number of aromatic nitrogens is 2. The van der Waals surface area contributed by atoms with Gasteiger partial charge in [-0.15, -0.1) is 0 Å². The van der Waals surface area contributed by atoms with Crippen LogP contribution in [0.1, 0.15) is 77.2 Å². The molecule has 3 aromatic carbocycles. The van der Waals surface area contributed by atoms with Gasteiger partial charge in [0.05, 0.1) is 36.0 Å². The Morgan fingerprint density at radius 3 is 2.37 bits per heavy atom. The van der Waals surface area contributed by atoms with Crippen LogP contribution in [0.15, 0.2) is 79.0 Å². The molecular weight excluding hydrogens is 578 g/mol. The third kappa shape index (κ3) is 7.29. The molecule has 4 heterocycles. The lowest BCUT2D eigenvalue weighted by atomic mass is 9.99. The van der Waals surface area contributed by atoms with Gasteiger partial charge in [-0.3, -0.25) is 14.7 Å². The number of amides is 1. The van der Waals surface area contributed by atoms with E-state index in [1.54, 1.807) is 0 Å². The van der Waals surface area contributed by atoms with Gasteiger partial charge in [0.2, 0.25) is 0 Å². The van der Waals surface area contributed by atoms with Crippen LogP contribution in [-0.2, 0) is 22.6 Å². The number of nitrogens with one attached hydrogen (secondary N) is 1. The van der Waals surface area contributed by atoms with Gasteiger partial charge in [-0.2, -0.15) is 0 Å². The van der Waals surface area contributed by atoms with Crippen LogP contribution in [0, 0.1) is 0 Å². The van der Waals surface area contributed by atoms with Crippen LogP contribution in [0.3, 0.4) is 0 Å². The normalized spacial score (nSPS) is 24.0. The standard InChI is InChI=1S/C37H43N5O4/c43-25-27-11-13-28(14-12-27)35-20-31(24-42-19-5-6-30(42)23-41-17-3-4-18-41)45-37(46-35)29-15-9-26(10-16-29)21-39-36(44)34-22-38-32-7-1-2-8-33(32)40-34/h1-2,7-16,22,30-31,35,37,43H,3-6,17-21,23-25H2,(H,39,44)/t30-,31+,35-,37-/m0/s1. The van der Waals surface area contributed by atoms with E-state index in [1.165, 1.54) is 45.0 Å². The van der Waals surface area contributed by atoms with Gasteiger partial charge in [-0.25, -0.2) is 4.98 Å². The Morgan fingerprint density at radius 1 is 0.848 bits per heavy atom. The summed E-state index contributed by atoms with van der Waals surface area (Å²) in [6.07, 6.45) is 6.83. The Hall–Kier alpha value is -3.73. The molecule has 0 aliphatic carbocycles. The molecule has 9 nitrogen and oxygen atoms in total. The maximum absolute atomic E-state index is 12.8. The lowest BCUT2D eigenvalue weighted by Gasteiger charge is -2.39. The maximum Gasteiger partial charge on any atom is 0.271 e. The zero-order chi connectivity index (χ0) is 31.3. The Balaban J connectivity index is 1.02. The Kier molecular flexibility index (Phi) is 9.65. The number of nitrogens with zero attached hydrogens (tertiary/aromatic N) is 4. The molecule has 0 spiro atoms. The third-order valence-corrected chi connectivity index (χ3v) is 9.61. The van der Waals surface area contributed by atoms with Crippen molar-refractivity contribution in [1.82, 2.24) is 25.1 Å². The summed E-state index contributed by atoms with van der Waals surface area (Å²) in [5.74, 6) is -0.260. The first-order chi connectivity index (χ1) is 22.6. The summed E-state index contributed by atoms with van der Waals surface area (Å²) in [5, 5.41) is 12.5. The highest BCUT2D eigenvalue weighted by Crippen LogP contribution is 2.39. The molecule has 9 heteroatoms. The molecule has 3 fully saturated rings. The number of para-hydroxylation sites is 2. The molecule has 4 aromatic rings. The Bertz CT molecular complexity index is 1610. The summed E-state index contributed by atoms with van der Waals surface area (Å²) in [6, 6.07) is 24.2. The van der Waals surface area contributed by atoms with Gasteiger partial charge in [0.25, 0.3) is 5.91 Å². The number of benzene rings is 3. The molecule has 7 rings (SSSR count). The summed E-state index contributed by atoms with van der Waals surface area (Å²) in [7, 11) is 0. The number of carbonyl (C=O) groups is 1. The SMILES string of the molecule is O=C(NCc1ccc([C@H]2O[C@@H](CN3CCC[C@H]3CN3CCCC3)C[C@@H](c3ccc(CO)cc3)O2)cc1)c1cnc2ccccc2n1. The number of likely N-dealkylation sites (tertiary alicyclic amines) is 2. The fourth-order valence-corrected chi connectivity index (χ4v) is 7.03. The van der Waals surface area contributed by atoms with Crippen LogP contribution in [0.4, 0.5) is 0 Å². The third-order valence-electron chi connectivity index (χ3n) is 9.61. The largest absolute Gasteiger partial charge is 0.392 e. The number of rotatable bonds is 10. The highest BCUT2D eigenvalue weighted by molar-refractivity contribution is 5.93. The van der Waals surface area contributed by atoms with Gasteiger partial charge in [0.1, 0.15) is 5.69 Å². The zero-order valence-electron chi connectivity index (χ0n) is 26.3. The Labute approximate surface area is 270 Å². The van der Waals surface area contributed by atoms with Crippen LogP contribution in [0.5, 0.6) is 0 Å². The molecule has 240 valence electrons. The minimum absolute atomic E-state index is 0.0238. The smallest absolute Gasteiger partial charge is 0.271 e. The molecule has 3 aliphatic rings. The first-order valence-electron chi connectivity index (χ1n) is 16.7. The highest BCUT2D eigenvalue weighted by Gasteiger charge is 2.36. The monoisotopic (exact) mass is 621 g/mol. The molecule has 3 saturated heterocycles. The molecule has 1 aromatic heterocycles. The molecule has 2 N–H and O–H groups in total. The highest BCUT2D eigenvalue weighted by atomic mass is 16.7. The van der Waals surface area contributed by atoms with Gasteiger partial charge in [-0.05, 0) is 74.1 Å². The predicted molar refractivity (Wildman–Crippen MR) is 176 cm³/mol. The van der Waals surface area contributed by atoms with E-state index in [0.717, 1.165) is 53.8 Å². The van der Waals surface area contributed by atoms with E-state index in [2.05, 4.69) is 37.2 Å². The summed E-state index contributed by atoms with van der Waals surface area (Å²) in [4.78, 5) is 26.9. The van der Waals surface area contributed by atoms with E-state index in [4.69, 9.17) is 9.47 Å². The predicted octanol–water partition coefficient (Wildman–Crippen LogP) is 5.16. The van der Waals surface area contributed by atoms with Crippen LogP contribution < -0.4 is 5.32 Å². The first kappa shape index (κ1) is 30.9. The summed E-state index contributed by atoms with van der Waals surface area (Å²) in [5.41, 5.74) is 5.66. The second-order valence-corrected chi connectivity index (χ2v) is 12.8. The van der Waals surface area contributed by atoms with Crippen molar-refractivity contribution < 1.29 is 19.4 Å². The van der Waals surface area contributed by atoms with Crippen molar-refractivity contribution in [3.63, 3.8) is 0 Å². The Morgan fingerprint density at radius 2 is 1.59 bits per heavy atom. The number of aliphatic hydroxyl groups is 1. The molecule has 4 atom stereocenters. The number of ether oxygens (including phenoxy) is 2. The molecule has 46 heavy (non-hydrogen) atoms. The van der Waals surface area contributed by atoms with Crippen LogP contribution in [0.2, 0.25) is 0 Å². The van der Waals surface area contributed by atoms with Gasteiger partial charge in [0.15, 0.2) is 6.29 Å². The van der Waals surface area contributed by atoms with Crippen molar-refractivity contribution >= 4 is 16.9 Å². The van der Waals surface area contributed by atoms with Crippen molar-refractivity contribution in [1.29, 1.82) is 0 Å². The topological polar surface area (TPSA) is 100 Å². The van der Waals surface area contributed by atoms with Gasteiger partial charge < -0.3 is 24.8 Å². The quantitative estimate of drug-likeness (QED) is 0.251. The van der Waals surface area contributed by atoms with Crippen molar-refractivity contribution in [3.05, 3.63) is 107 Å². The van der Waals surface area contributed by atoms with Crippen molar-refractivity contribution in [2.24, 2.45) is 0 Å². The van der Waals surface area contributed by atoms with E-state index in [-0.39, 0.29) is 24.7 Å². The molecule has 3 aliphatic heterocycles. The zero-order valence-corrected chi connectivity index (χ0v) is 26.3. The molecule has 0 unspecified atom stereocenters.